The average Bonchev–Trinajstić information content (AvgIpc) is 2.66. The summed E-state index contributed by atoms with van der Waals surface area (Å²) in [7, 11) is 0. The van der Waals surface area contributed by atoms with Gasteiger partial charge in [0, 0.05) is 20.0 Å². The van der Waals surface area contributed by atoms with Gasteiger partial charge in [0.05, 0.1) is 0 Å². The molecule has 0 spiro atoms. The lowest BCUT2D eigenvalue weighted by molar-refractivity contribution is -0.127. The lowest BCUT2D eigenvalue weighted by atomic mass is 10.1. The highest BCUT2D eigenvalue weighted by molar-refractivity contribution is 5.80. The average molecular weight is 205 g/mol. The van der Waals surface area contributed by atoms with E-state index in [9.17, 15) is 9.18 Å². The molecule has 0 radical (unpaired) electrons. The van der Waals surface area contributed by atoms with Gasteiger partial charge in [0.25, 0.3) is 0 Å². The molecule has 0 fully saturated rings. The fourth-order valence-corrected chi connectivity index (χ4v) is 1.69. The molecule has 0 bridgehead atoms. The van der Waals surface area contributed by atoms with Crippen LogP contribution in [0.2, 0.25) is 0 Å². The van der Waals surface area contributed by atoms with Crippen molar-refractivity contribution in [1.82, 2.24) is 4.90 Å². The van der Waals surface area contributed by atoms with E-state index in [-0.39, 0.29) is 11.7 Å². The zero-order chi connectivity index (χ0) is 10.8. The predicted molar refractivity (Wildman–Crippen MR) is 56.6 cm³/mol. The van der Waals surface area contributed by atoms with E-state index in [1.54, 1.807) is 17.9 Å². The van der Waals surface area contributed by atoms with E-state index >= 15 is 0 Å². The molecule has 0 aliphatic carbocycles. The molecule has 2 nitrogen and oxygen atoms in total. The molecular formula is C12H12FNO. The van der Waals surface area contributed by atoms with E-state index in [1.807, 2.05) is 12.1 Å². The molecule has 3 heteroatoms. The fraction of sp³-hybridized carbons (Fsp3) is 0.250. The first-order valence-electron chi connectivity index (χ1n) is 4.87. The summed E-state index contributed by atoms with van der Waals surface area (Å²) in [5.74, 6) is -0.188. The molecule has 1 aromatic rings. The quantitative estimate of drug-likeness (QED) is 0.687. The van der Waals surface area contributed by atoms with Crippen LogP contribution in [-0.2, 0) is 4.79 Å². The van der Waals surface area contributed by atoms with Gasteiger partial charge in [-0.25, -0.2) is 4.39 Å². The van der Waals surface area contributed by atoms with Gasteiger partial charge in [0.15, 0.2) is 0 Å². The summed E-state index contributed by atoms with van der Waals surface area (Å²) in [6.07, 6.45) is 1.97. The Morgan fingerprint density at radius 1 is 1.47 bits per heavy atom. The molecule has 0 saturated carbocycles. The van der Waals surface area contributed by atoms with Gasteiger partial charge in [-0.2, -0.15) is 0 Å². The van der Waals surface area contributed by atoms with Crippen molar-refractivity contribution < 1.29 is 9.18 Å². The van der Waals surface area contributed by atoms with E-state index < -0.39 is 0 Å². The third kappa shape index (κ3) is 2.06. The van der Waals surface area contributed by atoms with Crippen molar-refractivity contribution in [2.75, 3.05) is 13.1 Å². The Hall–Kier alpha value is -1.64. The maximum Gasteiger partial charge on any atom is 0.220 e. The van der Waals surface area contributed by atoms with Crippen LogP contribution in [0.25, 0.3) is 5.57 Å². The summed E-state index contributed by atoms with van der Waals surface area (Å²) in [6, 6.07) is 6.46. The molecule has 1 aromatic carbocycles. The second-order valence-corrected chi connectivity index (χ2v) is 3.64. The Balaban J connectivity index is 2.17. The van der Waals surface area contributed by atoms with Crippen LogP contribution < -0.4 is 0 Å². The zero-order valence-electron chi connectivity index (χ0n) is 8.53. The minimum Gasteiger partial charge on any atom is -0.335 e. The van der Waals surface area contributed by atoms with Crippen LogP contribution in [0, 0.1) is 5.82 Å². The monoisotopic (exact) mass is 205 g/mol. The van der Waals surface area contributed by atoms with E-state index in [0.29, 0.717) is 13.1 Å². The van der Waals surface area contributed by atoms with Gasteiger partial charge in [-0.1, -0.05) is 18.2 Å². The smallest absolute Gasteiger partial charge is 0.220 e. The van der Waals surface area contributed by atoms with Gasteiger partial charge >= 0.3 is 0 Å². The summed E-state index contributed by atoms with van der Waals surface area (Å²) in [4.78, 5) is 12.8. The number of rotatable bonds is 1. The lowest BCUT2D eigenvalue weighted by Gasteiger charge is -2.13. The summed E-state index contributed by atoms with van der Waals surface area (Å²) in [6.45, 7) is 2.75. The molecule has 0 atom stereocenters. The van der Waals surface area contributed by atoms with Crippen molar-refractivity contribution in [3.63, 3.8) is 0 Å². The molecule has 0 aromatic heterocycles. The number of hydrogen-bond donors (Lipinski definition) is 0. The maximum absolute atomic E-state index is 13.0. The van der Waals surface area contributed by atoms with Crippen molar-refractivity contribution >= 4 is 11.5 Å². The molecule has 1 aliphatic rings. The molecule has 2 rings (SSSR count). The molecule has 15 heavy (non-hydrogen) atoms. The van der Waals surface area contributed by atoms with E-state index in [2.05, 4.69) is 0 Å². The van der Waals surface area contributed by atoms with Gasteiger partial charge in [-0.15, -0.1) is 0 Å². The molecule has 1 aliphatic heterocycles. The topological polar surface area (TPSA) is 20.3 Å². The first-order valence-corrected chi connectivity index (χ1v) is 4.87. The maximum atomic E-state index is 13.0. The Morgan fingerprint density at radius 2 is 2.27 bits per heavy atom. The molecule has 1 amide bonds. The molecule has 78 valence electrons. The van der Waals surface area contributed by atoms with Gasteiger partial charge in [-0.3, -0.25) is 4.79 Å². The highest BCUT2D eigenvalue weighted by Crippen LogP contribution is 2.21. The van der Waals surface area contributed by atoms with E-state index in [1.165, 1.54) is 12.1 Å². The van der Waals surface area contributed by atoms with Crippen LogP contribution in [0.1, 0.15) is 12.5 Å². The first kappa shape index (κ1) is 9.90. The van der Waals surface area contributed by atoms with Crippen molar-refractivity contribution in [3.8, 4) is 0 Å². The number of amides is 1. The minimum atomic E-state index is -0.241. The second kappa shape index (κ2) is 3.85. The highest BCUT2D eigenvalue weighted by Gasteiger charge is 2.17. The normalized spacial score (nSPS) is 15.3. The van der Waals surface area contributed by atoms with Crippen molar-refractivity contribution in [3.05, 3.63) is 41.7 Å². The SMILES string of the molecule is CC(=O)N1CC=C(c2cccc(F)c2)C1. The van der Waals surface area contributed by atoms with Crippen LogP contribution >= 0.6 is 0 Å². The van der Waals surface area contributed by atoms with Crippen molar-refractivity contribution in [1.29, 1.82) is 0 Å². The van der Waals surface area contributed by atoms with Gasteiger partial charge in [-0.05, 0) is 23.3 Å². The van der Waals surface area contributed by atoms with Crippen LogP contribution in [0.3, 0.4) is 0 Å². The van der Waals surface area contributed by atoms with E-state index in [4.69, 9.17) is 0 Å². The molecule has 0 saturated heterocycles. The summed E-state index contributed by atoms with van der Waals surface area (Å²) in [5.41, 5.74) is 1.88. The second-order valence-electron chi connectivity index (χ2n) is 3.64. The Bertz CT molecular complexity index is 425. The van der Waals surface area contributed by atoms with Crippen LogP contribution in [-0.4, -0.2) is 23.9 Å². The number of benzene rings is 1. The number of hydrogen-bond acceptors (Lipinski definition) is 1. The lowest BCUT2D eigenvalue weighted by Crippen LogP contribution is -2.25. The summed E-state index contributed by atoms with van der Waals surface area (Å²) < 4.78 is 13.0. The van der Waals surface area contributed by atoms with Gasteiger partial charge in [0.2, 0.25) is 5.91 Å². The zero-order valence-corrected chi connectivity index (χ0v) is 8.53. The largest absolute Gasteiger partial charge is 0.335 e. The Kier molecular flexibility index (Phi) is 2.54. The number of carbonyl (C=O) groups is 1. The first-order chi connectivity index (χ1) is 7.16. The number of nitrogens with zero attached hydrogens (tertiary/aromatic N) is 1. The Labute approximate surface area is 88.0 Å². The molecule has 0 N–H and O–H groups in total. The van der Waals surface area contributed by atoms with E-state index in [0.717, 1.165) is 11.1 Å². The van der Waals surface area contributed by atoms with Crippen LogP contribution in [0.15, 0.2) is 30.3 Å². The molecule has 1 heterocycles. The van der Waals surface area contributed by atoms with Crippen LogP contribution in [0.5, 0.6) is 0 Å². The third-order valence-corrected chi connectivity index (χ3v) is 2.56. The third-order valence-electron chi connectivity index (χ3n) is 2.56. The Morgan fingerprint density at radius 3 is 2.87 bits per heavy atom. The standard InChI is InChI=1S/C12H12FNO/c1-9(15)14-6-5-11(8-14)10-3-2-4-12(13)7-10/h2-5,7H,6,8H2,1H3. The number of halogens is 1. The van der Waals surface area contributed by atoms with Crippen molar-refractivity contribution in [2.24, 2.45) is 0 Å². The molecular weight excluding hydrogens is 193 g/mol. The van der Waals surface area contributed by atoms with Crippen LogP contribution in [0.4, 0.5) is 4.39 Å². The number of carbonyl (C=O) groups excluding carboxylic acids is 1. The summed E-state index contributed by atoms with van der Waals surface area (Å²) in [5, 5.41) is 0. The van der Waals surface area contributed by atoms with Gasteiger partial charge in [0.1, 0.15) is 5.82 Å². The molecule has 0 unspecified atom stereocenters. The van der Waals surface area contributed by atoms with Gasteiger partial charge < -0.3 is 4.90 Å². The minimum absolute atomic E-state index is 0.0534. The fourth-order valence-electron chi connectivity index (χ4n) is 1.69. The summed E-state index contributed by atoms with van der Waals surface area (Å²) >= 11 is 0. The van der Waals surface area contributed by atoms with Crippen molar-refractivity contribution in [2.45, 2.75) is 6.92 Å². The predicted octanol–water partition coefficient (Wildman–Crippen LogP) is 2.07. The highest BCUT2D eigenvalue weighted by atomic mass is 19.1.